The van der Waals surface area contributed by atoms with Crippen molar-refractivity contribution in [1.82, 2.24) is 20.0 Å². The molecule has 1 aliphatic rings. The fourth-order valence-corrected chi connectivity index (χ4v) is 3.03. The summed E-state index contributed by atoms with van der Waals surface area (Å²) < 4.78 is 0. The Morgan fingerprint density at radius 2 is 1.83 bits per heavy atom. The molecule has 2 aromatic rings. The zero-order valence-corrected chi connectivity index (χ0v) is 14.1. The zero-order chi connectivity index (χ0) is 17.1. The molecule has 0 radical (unpaired) electrons. The van der Waals surface area contributed by atoms with Crippen LogP contribution in [0.15, 0.2) is 35.9 Å². The molecule has 6 nitrogen and oxygen atoms in total. The van der Waals surface area contributed by atoms with Crippen molar-refractivity contribution in [3.8, 4) is 0 Å². The van der Waals surface area contributed by atoms with Gasteiger partial charge in [0, 0.05) is 37.1 Å². The Morgan fingerprint density at radius 3 is 2.54 bits per heavy atom. The highest BCUT2D eigenvalue weighted by Crippen LogP contribution is 2.18. The van der Waals surface area contributed by atoms with Gasteiger partial charge in [-0.1, -0.05) is 31.2 Å². The third-order valence-corrected chi connectivity index (χ3v) is 4.37. The van der Waals surface area contributed by atoms with E-state index in [1.165, 1.54) is 0 Å². The molecule has 1 fully saturated rings. The Bertz CT molecular complexity index is 785. The van der Waals surface area contributed by atoms with E-state index in [2.05, 4.69) is 10.2 Å². The van der Waals surface area contributed by atoms with Gasteiger partial charge in [0.1, 0.15) is 0 Å². The second-order valence-corrected chi connectivity index (χ2v) is 6.00. The Labute approximate surface area is 141 Å². The number of carbonyl (C=O) groups excluding carboxylic acids is 2. The van der Waals surface area contributed by atoms with E-state index in [0.29, 0.717) is 31.9 Å². The first-order valence-corrected chi connectivity index (χ1v) is 8.30. The van der Waals surface area contributed by atoms with Crippen LogP contribution >= 0.6 is 0 Å². The number of amides is 2. The molecule has 0 bridgehead atoms. The first kappa shape index (κ1) is 16.2. The molecular weight excluding hydrogens is 304 g/mol. The molecule has 1 N–H and O–H groups in total. The molecule has 126 valence electrons. The number of allylic oxidation sites excluding steroid dienone is 1. The molecule has 1 aromatic heterocycles. The fourth-order valence-electron chi connectivity index (χ4n) is 3.03. The molecule has 2 amide bonds. The average Bonchev–Trinajstić information content (AvgIpc) is 3.05. The lowest BCUT2D eigenvalue weighted by atomic mass is 10.1. The van der Waals surface area contributed by atoms with Gasteiger partial charge >= 0.3 is 0 Å². The lowest BCUT2D eigenvalue weighted by molar-refractivity contribution is -0.128. The minimum atomic E-state index is -0.0830. The predicted octanol–water partition coefficient (Wildman–Crippen LogP) is 2.20. The van der Waals surface area contributed by atoms with Crippen LogP contribution in [0.2, 0.25) is 0 Å². The average molecular weight is 326 g/mol. The van der Waals surface area contributed by atoms with Crippen molar-refractivity contribution in [2.24, 2.45) is 0 Å². The number of nitrogens with one attached hydrogen (secondary N) is 1. The predicted molar refractivity (Wildman–Crippen MR) is 92.6 cm³/mol. The highest BCUT2D eigenvalue weighted by molar-refractivity contribution is 6.04. The van der Waals surface area contributed by atoms with Crippen LogP contribution in [0.4, 0.5) is 0 Å². The van der Waals surface area contributed by atoms with Gasteiger partial charge in [-0.25, -0.2) is 0 Å². The standard InChI is InChI=1S/C18H22N4O2/c1-3-6-13(2)17(23)21-9-11-22(12-10-21)18(24)16-14-7-4-5-8-15(14)19-20-16/h4-8H,3,9-12H2,1-2H3,(H,19,20). The van der Waals surface area contributed by atoms with E-state index < -0.39 is 0 Å². The van der Waals surface area contributed by atoms with Crippen LogP contribution in [0.5, 0.6) is 0 Å². The van der Waals surface area contributed by atoms with Gasteiger partial charge in [0.25, 0.3) is 5.91 Å². The summed E-state index contributed by atoms with van der Waals surface area (Å²) in [6.07, 6.45) is 2.79. The van der Waals surface area contributed by atoms with Gasteiger partial charge in [-0.2, -0.15) is 5.10 Å². The minimum absolute atomic E-state index is 0.0640. The number of benzene rings is 1. The van der Waals surface area contributed by atoms with Crippen molar-refractivity contribution >= 4 is 22.7 Å². The molecule has 24 heavy (non-hydrogen) atoms. The van der Waals surface area contributed by atoms with Gasteiger partial charge in [0.05, 0.1) is 5.52 Å². The first-order chi connectivity index (χ1) is 11.6. The largest absolute Gasteiger partial charge is 0.335 e. The molecule has 0 saturated carbocycles. The normalized spacial score (nSPS) is 15.8. The van der Waals surface area contributed by atoms with Gasteiger partial charge in [0.15, 0.2) is 5.69 Å². The van der Waals surface area contributed by atoms with Crippen molar-refractivity contribution in [2.45, 2.75) is 20.3 Å². The number of nitrogens with zero attached hydrogens (tertiary/aromatic N) is 3. The number of hydrogen-bond donors (Lipinski definition) is 1. The molecule has 0 atom stereocenters. The fraction of sp³-hybridized carbons (Fsp3) is 0.389. The molecule has 3 rings (SSSR count). The van der Waals surface area contributed by atoms with Gasteiger partial charge < -0.3 is 9.80 Å². The smallest absolute Gasteiger partial charge is 0.275 e. The molecule has 1 aromatic carbocycles. The van der Waals surface area contributed by atoms with Gasteiger partial charge in [-0.3, -0.25) is 14.7 Å². The Morgan fingerprint density at radius 1 is 1.17 bits per heavy atom. The van der Waals surface area contributed by atoms with Crippen molar-refractivity contribution in [3.63, 3.8) is 0 Å². The quantitative estimate of drug-likeness (QED) is 0.879. The van der Waals surface area contributed by atoms with Crippen LogP contribution in [0.1, 0.15) is 30.8 Å². The summed E-state index contributed by atoms with van der Waals surface area (Å²) in [5.41, 5.74) is 2.08. The highest BCUT2D eigenvalue weighted by Gasteiger charge is 2.27. The third-order valence-electron chi connectivity index (χ3n) is 4.37. The van der Waals surface area contributed by atoms with E-state index in [4.69, 9.17) is 0 Å². The van der Waals surface area contributed by atoms with Crippen molar-refractivity contribution in [2.75, 3.05) is 26.2 Å². The lowest BCUT2D eigenvalue weighted by Gasteiger charge is -2.34. The van der Waals surface area contributed by atoms with Crippen LogP contribution in [-0.4, -0.2) is 58.0 Å². The number of para-hydroxylation sites is 1. The van der Waals surface area contributed by atoms with E-state index >= 15 is 0 Å². The molecule has 6 heteroatoms. The molecule has 1 aliphatic heterocycles. The molecular formula is C18H22N4O2. The molecule has 0 aliphatic carbocycles. The lowest BCUT2D eigenvalue weighted by Crippen LogP contribution is -2.50. The number of fused-ring (bicyclic) bond motifs is 1. The molecule has 1 saturated heterocycles. The number of aromatic nitrogens is 2. The highest BCUT2D eigenvalue weighted by atomic mass is 16.2. The SMILES string of the molecule is CCC=C(C)C(=O)N1CCN(C(=O)c2n[nH]c3ccccc23)CC1. The number of aromatic amines is 1. The zero-order valence-electron chi connectivity index (χ0n) is 14.1. The number of hydrogen-bond acceptors (Lipinski definition) is 3. The summed E-state index contributed by atoms with van der Waals surface area (Å²) in [7, 11) is 0. The third kappa shape index (κ3) is 3.04. The topological polar surface area (TPSA) is 69.3 Å². The van der Waals surface area contributed by atoms with Gasteiger partial charge in [-0.15, -0.1) is 0 Å². The van der Waals surface area contributed by atoms with E-state index in [9.17, 15) is 9.59 Å². The van der Waals surface area contributed by atoms with Crippen LogP contribution in [0.3, 0.4) is 0 Å². The number of rotatable bonds is 3. The Kier molecular flexibility index (Phi) is 4.64. The maximum Gasteiger partial charge on any atom is 0.275 e. The van der Waals surface area contributed by atoms with Crippen LogP contribution in [-0.2, 0) is 4.79 Å². The summed E-state index contributed by atoms with van der Waals surface area (Å²) in [5, 5.41) is 7.90. The monoisotopic (exact) mass is 326 g/mol. The molecule has 2 heterocycles. The maximum atomic E-state index is 12.7. The molecule has 0 unspecified atom stereocenters. The Hall–Kier alpha value is -2.63. The van der Waals surface area contributed by atoms with Crippen molar-refractivity contribution < 1.29 is 9.59 Å². The van der Waals surface area contributed by atoms with E-state index in [1.54, 1.807) is 4.90 Å². The Balaban J connectivity index is 1.67. The van der Waals surface area contributed by atoms with Crippen LogP contribution in [0.25, 0.3) is 10.9 Å². The minimum Gasteiger partial charge on any atom is -0.335 e. The number of piperazine rings is 1. The summed E-state index contributed by atoms with van der Waals surface area (Å²) >= 11 is 0. The maximum absolute atomic E-state index is 12.7. The molecule has 0 spiro atoms. The van der Waals surface area contributed by atoms with Crippen LogP contribution < -0.4 is 0 Å². The van der Waals surface area contributed by atoms with Gasteiger partial charge in [0.2, 0.25) is 5.91 Å². The number of carbonyl (C=O) groups is 2. The van der Waals surface area contributed by atoms with E-state index in [-0.39, 0.29) is 11.8 Å². The van der Waals surface area contributed by atoms with E-state index in [1.807, 2.05) is 49.1 Å². The summed E-state index contributed by atoms with van der Waals surface area (Å²) in [6, 6.07) is 7.60. The van der Waals surface area contributed by atoms with E-state index in [0.717, 1.165) is 22.9 Å². The summed E-state index contributed by atoms with van der Waals surface area (Å²) in [5.74, 6) is -0.0189. The summed E-state index contributed by atoms with van der Waals surface area (Å²) in [4.78, 5) is 28.6. The summed E-state index contributed by atoms with van der Waals surface area (Å²) in [6.45, 7) is 6.04. The second kappa shape index (κ2) is 6.86. The van der Waals surface area contributed by atoms with Crippen molar-refractivity contribution in [1.29, 1.82) is 0 Å². The first-order valence-electron chi connectivity index (χ1n) is 8.30. The number of H-pyrrole nitrogens is 1. The second-order valence-electron chi connectivity index (χ2n) is 6.00. The van der Waals surface area contributed by atoms with Crippen molar-refractivity contribution in [3.05, 3.63) is 41.6 Å². The van der Waals surface area contributed by atoms with Gasteiger partial charge in [-0.05, 0) is 19.4 Å². The van der Waals surface area contributed by atoms with Crippen LogP contribution in [0, 0.1) is 0 Å².